The van der Waals surface area contributed by atoms with Crippen molar-refractivity contribution in [1.29, 1.82) is 0 Å². The highest BCUT2D eigenvalue weighted by Gasteiger charge is 2.34. The molecular weight excluding hydrogens is 256 g/mol. The van der Waals surface area contributed by atoms with Crippen molar-refractivity contribution in [3.05, 3.63) is 0 Å². The van der Waals surface area contributed by atoms with Gasteiger partial charge in [-0.2, -0.15) is 0 Å². The zero-order chi connectivity index (χ0) is 14.7. The van der Waals surface area contributed by atoms with Crippen LogP contribution in [-0.4, -0.2) is 29.2 Å². The first-order valence-electron chi connectivity index (χ1n) is 7.73. The van der Waals surface area contributed by atoms with Crippen molar-refractivity contribution in [3.63, 3.8) is 0 Å². The summed E-state index contributed by atoms with van der Waals surface area (Å²) in [7, 11) is 0. The number of carbonyl (C=O) groups is 2. The van der Waals surface area contributed by atoms with Crippen LogP contribution in [0.3, 0.4) is 0 Å². The van der Waals surface area contributed by atoms with E-state index in [9.17, 15) is 9.59 Å². The van der Waals surface area contributed by atoms with Gasteiger partial charge in [0.05, 0.1) is 6.42 Å². The number of urea groups is 1. The topological polar surface area (TPSA) is 78.4 Å². The van der Waals surface area contributed by atoms with Gasteiger partial charge in [-0.1, -0.05) is 13.8 Å². The molecule has 0 bridgehead atoms. The predicted molar refractivity (Wildman–Crippen MR) is 76.4 cm³/mol. The van der Waals surface area contributed by atoms with Crippen molar-refractivity contribution in [2.24, 2.45) is 17.8 Å². The summed E-state index contributed by atoms with van der Waals surface area (Å²) in [5, 5.41) is 14.8. The summed E-state index contributed by atoms with van der Waals surface area (Å²) in [6.07, 6.45) is 5.33. The summed E-state index contributed by atoms with van der Waals surface area (Å²) in [6, 6.07) is -0.196. The third-order valence-electron chi connectivity index (χ3n) is 4.42. The lowest BCUT2D eigenvalue weighted by Gasteiger charge is -2.32. The molecule has 114 valence electrons. The van der Waals surface area contributed by atoms with Crippen molar-refractivity contribution >= 4 is 12.0 Å². The largest absolute Gasteiger partial charge is 0.481 e. The van der Waals surface area contributed by atoms with Crippen molar-refractivity contribution in [1.82, 2.24) is 10.6 Å². The molecule has 20 heavy (non-hydrogen) atoms. The second-order valence-corrected chi connectivity index (χ2v) is 6.77. The van der Waals surface area contributed by atoms with E-state index in [0.717, 1.165) is 25.7 Å². The fourth-order valence-corrected chi connectivity index (χ4v) is 3.48. The first-order chi connectivity index (χ1) is 9.44. The van der Waals surface area contributed by atoms with Gasteiger partial charge in [-0.25, -0.2) is 4.79 Å². The molecule has 2 rings (SSSR count). The Morgan fingerprint density at radius 3 is 2.25 bits per heavy atom. The van der Waals surface area contributed by atoms with Crippen LogP contribution in [0.15, 0.2) is 0 Å². The Morgan fingerprint density at radius 1 is 1.15 bits per heavy atom. The number of hydrogen-bond donors (Lipinski definition) is 3. The highest BCUT2D eigenvalue weighted by atomic mass is 16.4. The van der Waals surface area contributed by atoms with Crippen LogP contribution in [0, 0.1) is 17.8 Å². The number of nitrogens with one attached hydrogen (secondary N) is 2. The van der Waals surface area contributed by atoms with Gasteiger partial charge in [0.1, 0.15) is 0 Å². The molecule has 2 aliphatic rings. The lowest BCUT2D eigenvalue weighted by atomic mass is 9.80. The summed E-state index contributed by atoms with van der Waals surface area (Å²) in [6.45, 7) is 4.44. The van der Waals surface area contributed by atoms with Gasteiger partial charge in [-0.05, 0) is 49.9 Å². The molecule has 2 amide bonds. The number of rotatable bonds is 5. The molecule has 3 N–H and O–H groups in total. The molecule has 0 aromatic heterocycles. The van der Waals surface area contributed by atoms with Gasteiger partial charge in [0.25, 0.3) is 0 Å². The fraction of sp³-hybridized carbons (Fsp3) is 0.867. The SMILES string of the molecule is CC1CC(C)CC(NC(=O)NC(CC(=O)O)C2CC2)C1. The zero-order valence-electron chi connectivity index (χ0n) is 12.4. The molecule has 2 fully saturated rings. The van der Waals surface area contributed by atoms with Crippen LogP contribution >= 0.6 is 0 Å². The highest BCUT2D eigenvalue weighted by molar-refractivity contribution is 5.76. The minimum atomic E-state index is -0.845. The molecule has 0 aliphatic heterocycles. The number of carboxylic acid groups (broad SMARTS) is 1. The quantitative estimate of drug-likeness (QED) is 0.724. The second kappa shape index (κ2) is 6.46. The average molecular weight is 282 g/mol. The van der Waals surface area contributed by atoms with Gasteiger partial charge in [0.15, 0.2) is 0 Å². The Bertz CT molecular complexity index is 358. The maximum atomic E-state index is 12.0. The number of hydrogen-bond acceptors (Lipinski definition) is 2. The number of amides is 2. The van der Waals surface area contributed by atoms with Gasteiger partial charge in [0.2, 0.25) is 0 Å². The van der Waals surface area contributed by atoms with E-state index in [4.69, 9.17) is 5.11 Å². The van der Waals surface area contributed by atoms with Crippen LogP contribution in [0.4, 0.5) is 4.79 Å². The standard InChI is InChI=1S/C15H26N2O3/c1-9-5-10(2)7-12(6-9)16-15(20)17-13(8-14(18)19)11-3-4-11/h9-13H,3-8H2,1-2H3,(H,18,19)(H2,16,17,20). The van der Waals surface area contributed by atoms with E-state index in [1.54, 1.807) is 0 Å². The second-order valence-electron chi connectivity index (χ2n) is 6.77. The molecule has 3 unspecified atom stereocenters. The number of carbonyl (C=O) groups excluding carboxylic acids is 1. The smallest absolute Gasteiger partial charge is 0.315 e. The first-order valence-corrected chi connectivity index (χ1v) is 7.73. The average Bonchev–Trinajstić information content (AvgIpc) is 3.08. The minimum absolute atomic E-state index is 0.0234. The first kappa shape index (κ1) is 15.1. The maximum absolute atomic E-state index is 12.0. The van der Waals surface area contributed by atoms with E-state index in [1.807, 2.05) is 0 Å². The molecule has 0 aromatic carbocycles. The van der Waals surface area contributed by atoms with Gasteiger partial charge < -0.3 is 15.7 Å². The summed E-state index contributed by atoms with van der Waals surface area (Å²) in [4.78, 5) is 22.9. The van der Waals surface area contributed by atoms with Gasteiger partial charge in [0, 0.05) is 12.1 Å². The molecule has 0 spiro atoms. The number of carboxylic acids is 1. The van der Waals surface area contributed by atoms with E-state index in [0.29, 0.717) is 17.8 Å². The molecule has 5 nitrogen and oxygen atoms in total. The van der Waals surface area contributed by atoms with E-state index >= 15 is 0 Å². The predicted octanol–water partition coefficient (Wildman–Crippen LogP) is 2.36. The van der Waals surface area contributed by atoms with Crippen LogP contribution in [0.1, 0.15) is 52.4 Å². The summed E-state index contributed by atoms with van der Waals surface area (Å²) < 4.78 is 0. The highest BCUT2D eigenvalue weighted by Crippen LogP contribution is 2.34. The molecule has 3 atom stereocenters. The monoisotopic (exact) mass is 282 g/mol. The minimum Gasteiger partial charge on any atom is -0.481 e. The van der Waals surface area contributed by atoms with Crippen LogP contribution in [0.2, 0.25) is 0 Å². The van der Waals surface area contributed by atoms with Crippen molar-refractivity contribution in [2.75, 3.05) is 0 Å². The molecule has 0 radical (unpaired) electrons. The van der Waals surface area contributed by atoms with Crippen LogP contribution < -0.4 is 10.6 Å². The molecule has 5 heteroatoms. The zero-order valence-corrected chi connectivity index (χ0v) is 12.4. The Labute approximate surface area is 120 Å². The summed E-state index contributed by atoms with van der Waals surface area (Å²) >= 11 is 0. The lowest BCUT2D eigenvalue weighted by Crippen LogP contribution is -2.49. The van der Waals surface area contributed by atoms with Crippen LogP contribution in [0.5, 0.6) is 0 Å². The number of aliphatic carboxylic acids is 1. The maximum Gasteiger partial charge on any atom is 0.315 e. The molecule has 2 aliphatic carbocycles. The normalized spacial score (nSPS) is 31.4. The third-order valence-corrected chi connectivity index (χ3v) is 4.42. The Kier molecular flexibility index (Phi) is 4.89. The van der Waals surface area contributed by atoms with Crippen molar-refractivity contribution < 1.29 is 14.7 Å². The lowest BCUT2D eigenvalue weighted by molar-refractivity contribution is -0.137. The molecule has 2 saturated carbocycles. The molecule has 0 saturated heterocycles. The van der Waals surface area contributed by atoms with Crippen molar-refractivity contribution in [3.8, 4) is 0 Å². The molecule has 0 aromatic rings. The third kappa shape index (κ3) is 4.69. The van der Waals surface area contributed by atoms with Gasteiger partial charge in [-0.3, -0.25) is 4.79 Å². The van der Waals surface area contributed by atoms with Crippen LogP contribution in [-0.2, 0) is 4.79 Å². The summed E-state index contributed by atoms with van der Waals surface area (Å²) in [5.74, 6) is 0.785. The van der Waals surface area contributed by atoms with Gasteiger partial charge in [-0.15, -0.1) is 0 Å². The summed E-state index contributed by atoms with van der Waals surface area (Å²) in [5.41, 5.74) is 0. The van der Waals surface area contributed by atoms with E-state index in [2.05, 4.69) is 24.5 Å². The van der Waals surface area contributed by atoms with E-state index < -0.39 is 5.97 Å². The van der Waals surface area contributed by atoms with Crippen LogP contribution in [0.25, 0.3) is 0 Å². The molecule has 0 heterocycles. The Hall–Kier alpha value is -1.26. The molecular formula is C15H26N2O3. The van der Waals surface area contributed by atoms with E-state index in [1.165, 1.54) is 6.42 Å². The van der Waals surface area contributed by atoms with E-state index in [-0.39, 0.29) is 24.5 Å². The van der Waals surface area contributed by atoms with Crippen molar-refractivity contribution in [2.45, 2.75) is 64.5 Å². The fourth-order valence-electron chi connectivity index (χ4n) is 3.48. The Balaban J connectivity index is 1.79. The van der Waals surface area contributed by atoms with Gasteiger partial charge >= 0.3 is 12.0 Å². The Morgan fingerprint density at radius 2 is 1.75 bits per heavy atom.